The van der Waals surface area contributed by atoms with Gasteiger partial charge in [0.15, 0.2) is 6.29 Å². The van der Waals surface area contributed by atoms with Crippen LogP contribution in [0, 0.1) is 6.92 Å². The summed E-state index contributed by atoms with van der Waals surface area (Å²) < 4.78 is 5.91. The molecule has 2 heterocycles. The molecule has 1 aliphatic rings. The van der Waals surface area contributed by atoms with Crippen molar-refractivity contribution in [1.29, 1.82) is 0 Å². The van der Waals surface area contributed by atoms with Gasteiger partial charge in [0.1, 0.15) is 11.3 Å². The van der Waals surface area contributed by atoms with Gasteiger partial charge in [-0.1, -0.05) is 30.7 Å². The average molecular weight is 453 g/mol. The number of furan rings is 1. The summed E-state index contributed by atoms with van der Waals surface area (Å²) in [5, 5.41) is 5.07. The van der Waals surface area contributed by atoms with Gasteiger partial charge in [0.25, 0.3) is 5.91 Å². The lowest BCUT2D eigenvalue weighted by molar-refractivity contribution is -0.129. The molecule has 1 aromatic heterocycles. The summed E-state index contributed by atoms with van der Waals surface area (Å²) in [5.41, 5.74) is 6.76. The van der Waals surface area contributed by atoms with E-state index in [-0.39, 0.29) is 5.91 Å². The second kappa shape index (κ2) is 9.46. The normalized spacial score (nSPS) is 17.4. The van der Waals surface area contributed by atoms with Gasteiger partial charge in [0.05, 0.1) is 12.7 Å². The molecule has 1 amide bonds. The Labute approximate surface area is 191 Å². The van der Waals surface area contributed by atoms with E-state index in [1.165, 1.54) is 13.3 Å². The van der Waals surface area contributed by atoms with Crippen LogP contribution in [0.2, 0.25) is 5.02 Å². The third-order valence-corrected chi connectivity index (χ3v) is 5.66. The van der Waals surface area contributed by atoms with Crippen molar-refractivity contribution in [2.45, 2.75) is 33.1 Å². The van der Waals surface area contributed by atoms with Crippen molar-refractivity contribution in [3.8, 4) is 0 Å². The van der Waals surface area contributed by atoms with E-state index in [9.17, 15) is 4.79 Å². The van der Waals surface area contributed by atoms with E-state index in [1.807, 2.05) is 30.3 Å². The van der Waals surface area contributed by atoms with Crippen LogP contribution < -0.4 is 10.8 Å². The zero-order chi connectivity index (χ0) is 22.7. The number of hydrogen-bond donors (Lipinski definition) is 2. The van der Waals surface area contributed by atoms with Gasteiger partial charge in [-0.15, -0.1) is 0 Å². The van der Waals surface area contributed by atoms with E-state index in [4.69, 9.17) is 20.9 Å². The Morgan fingerprint density at radius 3 is 2.75 bits per heavy atom. The monoisotopic (exact) mass is 452 g/mol. The second-order valence-corrected chi connectivity index (χ2v) is 7.93. The van der Waals surface area contributed by atoms with Crippen molar-refractivity contribution in [3.63, 3.8) is 0 Å². The highest BCUT2D eigenvalue weighted by atomic mass is 35.5. The SMILES string of the molecule is CCc1oc2ccc(NC3N=CC(=CNOC)C(=O)N3Cc3ccc(Cl)cc3)cc2c1C. The third kappa shape index (κ3) is 4.49. The second-order valence-electron chi connectivity index (χ2n) is 7.49. The van der Waals surface area contributed by atoms with E-state index in [1.54, 1.807) is 23.2 Å². The number of anilines is 1. The first-order chi connectivity index (χ1) is 15.5. The molecule has 0 bridgehead atoms. The highest BCUT2D eigenvalue weighted by Crippen LogP contribution is 2.29. The Bertz CT molecular complexity index is 1180. The minimum Gasteiger partial charge on any atom is -0.461 e. The molecule has 1 unspecified atom stereocenters. The fourth-order valence-electron chi connectivity index (χ4n) is 3.69. The summed E-state index contributed by atoms with van der Waals surface area (Å²) in [5.74, 6) is 0.804. The standard InChI is InChI=1S/C24H25ClN4O3/c1-4-21-15(2)20-11-19(9-10-22(20)32-21)28-24-26-12-17(13-27-31-3)23(30)29(24)14-16-5-7-18(25)8-6-16/h5-13,24,27-28H,4,14H2,1-3H3. The largest absolute Gasteiger partial charge is 0.461 e. The Hall–Kier alpha value is -3.29. The van der Waals surface area contributed by atoms with Crippen LogP contribution in [0.5, 0.6) is 0 Å². The number of nitrogens with one attached hydrogen (secondary N) is 2. The molecule has 3 aromatic rings. The van der Waals surface area contributed by atoms with Crippen molar-refractivity contribution in [2.75, 3.05) is 12.4 Å². The third-order valence-electron chi connectivity index (χ3n) is 5.41. The van der Waals surface area contributed by atoms with E-state index in [0.717, 1.165) is 40.0 Å². The van der Waals surface area contributed by atoms with Gasteiger partial charge in [-0.05, 0) is 48.4 Å². The molecule has 1 atom stereocenters. The average Bonchev–Trinajstić information content (AvgIpc) is 3.12. The number of nitrogens with zero attached hydrogens (tertiary/aromatic N) is 2. The minimum atomic E-state index is -0.576. The predicted molar refractivity (Wildman–Crippen MR) is 126 cm³/mol. The van der Waals surface area contributed by atoms with E-state index < -0.39 is 6.29 Å². The lowest BCUT2D eigenvalue weighted by Crippen LogP contribution is -2.47. The molecule has 0 radical (unpaired) electrons. The number of aryl methyl sites for hydroxylation is 2. The molecule has 32 heavy (non-hydrogen) atoms. The number of hydroxylamine groups is 1. The number of carbonyl (C=O) groups is 1. The summed E-state index contributed by atoms with van der Waals surface area (Å²) in [6.07, 6.45) is 3.29. The first kappa shape index (κ1) is 21.9. The summed E-state index contributed by atoms with van der Waals surface area (Å²) in [6, 6.07) is 13.3. The molecule has 166 valence electrons. The Morgan fingerprint density at radius 2 is 2.03 bits per heavy atom. The van der Waals surface area contributed by atoms with E-state index >= 15 is 0 Å². The molecule has 0 fully saturated rings. The van der Waals surface area contributed by atoms with E-state index in [2.05, 4.69) is 29.6 Å². The van der Waals surface area contributed by atoms with Gasteiger partial charge in [-0.25, -0.2) is 4.99 Å². The maximum absolute atomic E-state index is 13.2. The van der Waals surface area contributed by atoms with Crippen molar-refractivity contribution < 1.29 is 14.0 Å². The minimum absolute atomic E-state index is 0.175. The van der Waals surface area contributed by atoms with Crippen LogP contribution in [0.3, 0.4) is 0 Å². The van der Waals surface area contributed by atoms with Gasteiger partial charge >= 0.3 is 0 Å². The molecule has 4 rings (SSSR count). The Morgan fingerprint density at radius 1 is 1.25 bits per heavy atom. The zero-order valence-corrected chi connectivity index (χ0v) is 18.9. The summed E-state index contributed by atoms with van der Waals surface area (Å²) in [4.78, 5) is 24.3. The first-order valence-corrected chi connectivity index (χ1v) is 10.7. The Kier molecular flexibility index (Phi) is 6.48. The molecule has 7 nitrogen and oxygen atoms in total. The van der Waals surface area contributed by atoms with Crippen LogP contribution in [0.4, 0.5) is 5.69 Å². The molecule has 1 aliphatic heterocycles. The molecule has 8 heteroatoms. The number of carbonyl (C=O) groups excluding carboxylic acids is 1. The molecule has 2 N–H and O–H groups in total. The van der Waals surface area contributed by atoms with Crippen LogP contribution >= 0.6 is 11.6 Å². The molecule has 2 aromatic carbocycles. The molecular weight excluding hydrogens is 428 g/mol. The van der Waals surface area contributed by atoms with Gasteiger partial charge in [0.2, 0.25) is 0 Å². The van der Waals surface area contributed by atoms with Gasteiger partial charge in [-0.2, -0.15) is 0 Å². The van der Waals surface area contributed by atoms with Crippen LogP contribution in [-0.2, 0) is 22.6 Å². The highest BCUT2D eigenvalue weighted by Gasteiger charge is 2.29. The Balaban J connectivity index is 1.64. The number of rotatable bonds is 7. The zero-order valence-electron chi connectivity index (χ0n) is 18.2. The fourth-order valence-corrected chi connectivity index (χ4v) is 3.82. The predicted octanol–water partition coefficient (Wildman–Crippen LogP) is 4.80. The molecule has 0 saturated carbocycles. The topological polar surface area (TPSA) is 79.1 Å². The van der Waals surface area contributed by atoms with Gasteiger partial charge in [-0.3, -0.25) is 20.0 Å². The molecular formula is C24H25ClN4O3. The number of fused-ring (bicyclic) bond motifs is 1. The van der Waals surface area contributed by atoms with Gasteiger partial charge in [0, 0.05) is 41.5 Å². The number of hydrogen-bond acceptors (Lipinski definition) is 6. The van der Waals surface area contributed by atoms with Crippen molar-refractivity contribution in [3.05, 3.63) is 76.1 Å². The summed E-state index contributed by atoms with van der Waals surface area (Å²) in [7, 11) is 1.48. The molecule has 0 saturated heterocycles. The fraction of sp³-hybridized carbons (Fsp3) is 0.250. The maximum Gasteiger partial charge on any atom is 0.260 e. The smallest absolute Gasteiger partial charge is 0.260 e. The van der Waals surface area contributed by atoms with Crippen molar-refractivity contribution >= 4 is 40.4 Å². The van der Waals surface area contributed by atoms with Crippen LogP contribution in [0.1, 0.15) is 23.8 Å². The lowest BCUT2D eigenvalue weighted by atomic mass is 10.1. The number of halogens is 1. The van der Waals surface area contributed by atoms with Crippen LogP contribution in [-0.4, -0.2) is 30.4 Å². The van der Waals surface area contributed by atoms with Crippen molar-refractivity contribution in [2.24, 2.45) is 4.99 Å². The lowest BCUT2D eigenvalue weighted by Gasteiger charge is -2.33. The quantitative estimate of drug-likeness (QED) is 0.397. The van der Waals surface area contributed by atoms with E-state index in [0.29, 0.717) is 17.1 Å². The van der Waals surface area contributed by atoms with Crippen LogP contribution in [0.25, 0.3) is 11.0 Å². The summed E-state index contributed by atoms with van der Waals surface area (Å²) >= 11 is 6.02. The van der Waals surface area contributed by atoms with Crippen molar-refractivity contribution in [1.82, 2.24) is 10.4 Å². The number of aliphatic imine (C=N–C) groups is 1. The number of benzene rings is 2. The number of amides is 1. The first-order valence-electron chi connectivity index (χ1n) is 10.4. The summed E-state index contributed by atoms with van der Waals surface area (Å²) in [6.45, 7) is 4.50. The highest BCUT2D eigenvalue weighted by molar-refractivity contribution is 6.30. The maximum atomic E-state index is 13.2. The van der Waals surface area contributed by atoms with Gasteiger partial charge < -0.3 is 9.73 Å². The van der Waals surface area contributed by atoms with Crippen LogP contribution in [0.15, 0.2) is 63.6 Å². The molecule has 0 aliphatic carbocycles. The molecule has 0 spiro atoms.